The molecule has 0 spiro atoms. The van der Waals surface area contributed by atoms with Crippen molar-refractivity contribution >= 4 is 5.97 Å². The van der Waals surface area contributed by atoms with Crippen molar-refractivity contribution in [1.29, 1.82) is 0 Å². The number of carbonyl (C=O) groups is 1. The average Bonchev–Trinajstić information content (AvgIpc) is 2.29. The van der Waals surface area contributed by atoms with Crippen LogP contribution in [-0.2, 0) is 16.1 Å². The highest BCUT2D eigenvalue weighted by atomic mass is 16.5. The van der Waals surface area contributed by atoms with Crippen molar-refractivity contribution in [2.45, 2.75) is 13.5 Å². The van der Waals surface area contributed by atoms with Crippen LogP contribution in [0.1, 0.15) is 23.1 Å². The van der Waals surface area contributed by atoms with Gasteiger partial charge >= 0.3 is 5.97 Å². The zero-order chi connectivity index (χ0) is 11.8. The number of aromatic carboxylic acids is 1. The Kier molecular flexibility index (Phi) is 5.45. The molecule has 1 aromatic heterocycles. The molecule has 0 aliphatic heterocycles. The van der Waals surface area contributed by atoms with Crippen molar-refractivity contribution in [1.82, 2.24) is 4.98 Å². The smallest absolute Gasteiger partial charge is 0.354 e. The Labute approximate surface area is 94.0 Å². The van der Waals surface area contributed by atoms with Gasteiger partial charge in [0, 0.05) is 6.61 Å². The molecule has 88 valence electrons. The molecular weight excluding hydrogens is 210 g/mol. The lowest BCUT2D eigenvalue weighted by molar-refractivity contribution is 0.0439. The van der Waals surface area contributed by atoms with Crippen molar-refractivity contribution in [3.63, 3.8) is 0 Å². The van der Waals surface area contributed by atoms with E-state index in [0.717, 1.165) is 0 Å². The SMILES string of the molecule is CCOCCOCc1cccc(C(=O)O)n1. The van der Waals surface area contributed by atoms with E-state index in [2.05, 4.69) is 4.98 Å². The minimum atomic E-state index is -1.03. The molecule has 0 fully saturated rings. The Balaban J connectivity index is 2.36. The number of aromatic nitrogens is 1. The van der Waals surface area contributed by atoms with Crippen molar-refractivity contribution in [2.24, 2.45) is 0 Å². The highest BCUT2D eigenvalue weighted by molar-refractivity contribution is 5.85. The molecule has 5 heteroatoms. The highest BCUT2D eigenvalue weighted by Gasteiger charge is 2.04. The second kappa shape index (κ2) is 6.92. The topological polar surface area (TPSA) is 68.7 Å². The van der Waals surface area contributed by atoms with E-state index >= 15 is 0 Å². The van der Waals surface area contributed by atoms with Gasteiger partial charge in [-0.15, -0.1) is 0 Å². The molecule has 1 aromatic rings. The van der Waals surface area contributed by atoms with Gasteiger partial charge in [0.2, 0.25) is 0 Å². The van der Waals surface area contributed by atoms with Crippen LogP contribution in [0, 0.1) is 0 Å². The van der Waals surface area contributed by atoms with Crippen LogP contribution in [0.2, 0.25) is 0 Å². The Morgan fingerprint density at radius 2 is 2.12 bits per heavy atom. The van der Waals surface area contributed by atoms with Crippen molar-refractivity contribution < 1.29 is 19.4 Å². The third-order valence-corrected chi connectivity index (χ3v) is 1.85. The summed E-state index contributed by atoms with van der Waals surface area (Å²) in [4.78, 5) is 14.6. The number of carboxylic acids is 1. The highest BCUT2D eigenvalue weighted by Crippen LogP contribution is 2.01. The van der Waals surface area contributed by atoms with Gasteiger partial charge in [0.25, 0.3) is 0 Å². The molecule has 0 aliphatic rings. The Morgan fingerprint density at radius 3 is 2.81 bits per heavy atom. The van der Waals surface area contributed by atoms with Gasteiger partial charge in [-0.2, -0.15) is 0 Å². The second-order valence-corrected chi connectivity index (χ2v) is 3.07. The van der Waals surface area contributed by atoms with E-state index in [1.165, 1.54) is 6.07 Å². The van der Waals surface area contributed by atoms with Crippen molar-refractivity contribution in [2.75, 3.05) is 19.8 Å². The average molecular weight is 225 g/mol. The van der Waals surface area contributed by atoms with E-state index in [0.29, 0.717) is 32.1 Å². The third-order valence-electron chi connectivity index (χ3n) is 1.85. The van der Waals surface area contributed by atoms with Gasteiger partial charge in [-0.25, -0.2) is 9.78 Å². The van der Waals surface area contributed by atoms with Gasteiger partial charge in [-0.1, -0.05) is 6.07 Å². The minimum Gasteiger partial charge on any atom is -0.477 e. The summed E-state index contributed by atoms with van der Waals surface area (Å²) in [7, 11) is 0. The molecule has 5 nitrogen and oxygen atoms in total. The van der Waals surface area contributed by atoms with Crippen LogP contribution < -0.4 is 0 Å². The van der Waals surface area contributed by atoms with Gasteiger partial charge in [-0.05, 0) is 19.1 Å². The van der Waals surface area contributed by atoms with Crippen LogP contribution in [0.4, 0.5) is 0 Å². The summed E-state index contributed by atoms with van der Waals surface area (Å²) in [6.07, 6.45) is 0. The summed E-state index contributed by atoms with van der Waals surface area (Å²) >= 11 is 0. The first-order valence-corrected chi connectivity index (χ1v) is 5.08. The molecular formula is C11H15NO4. The number of hydrogen-bond acceptors (Lipinski definition) is 4. The molecule has 0 bridgehead atoms. The van der Waals surface area contributed by atoms with E-state index < -0.39 is 5.97 Å². The van der Waals surface area contributed by atoms with Crippen LogP contribution in [0.25, 0.3) is 0 Å². The lowest BCUT2D eigenvalue weighted by atomic mass is 10.3. The summed E-state index contributed by atoms with van der Waals surface area (Å²) in [6, 6.07) is 4.83. The van der Waals surface area contributed by atoms with Crippen LogP contribution in [0.5, 0.6) is 0 Å². The van der Waals surface area contributed by atoms with Crippen molar-refractivity contribution in [3.05, 3.63) is 29.6 Å². The fourth-order valence-electron chi connectivity index (χ4n) is 1.12. The standard InChI is InChI=1S/C11H15NO4/c1-2-15-6-7-16-8-9-4-3-5-10(12-9)11(13)14/h3-5H,2,6-8H2,1H3,(H,13,14). The molecule has 16 heavy (non-hydrogen) atoms. The molecule has 0 amide bonds. The quantitative estimate of drug-likeness (QED) is 0.709. The van der Waals surface area contributed by atoms with Crippen LogP contribution >= 0.6 is 0 Å². The van der Waals surface area contributed by atoms with Crippen LogP contribution in [-0.4, -0.2) is 35.9 Å². The molecule has 0 aromatic carbocycles. The Hall–Kier alpha value is -1.46. The molecule has 0 radical (unpaired) electrons. The first-order chi connectivity index (χ1) is 7.74. The minimum absolute atomic E-state index is 0.0332. The Morgan fingerprint density at radius 1 is 1.38 bits per heavy atom. The van der Waals surface area contributed by atoms with Gasteiger partial charge in [0.15, 0.2) is 0 Å². The Bertz CT molecular complexity index is 341. The van der Waals surface area contributed by atoms with Gasteiger partial charge in [0.05, 0.1) is 25.5 Å². The first kappa shape index (κ1) is 12.6. The molecule has 0 unspecified atom stereocenters. The number of pyridine rings is 1. The van der Waals surface area contributed by atoms with Gasteiger partial charge in [-0.3, -0.25) is 0 Å². The fourth-order valence-corrected chi connectivity index (χ4v) is 1.12. The molecule has 0 saturated heterocycles. The van der Waals surface area contributed by atoms with Crippen LogP contribution in [0.3, 0.4) is 0 Å². The normalized spacial score (nSPS) is 10.3. The fraction of sp³-hybridized carbons (Fsp3) is 0.455. The summed E-state index contributed by atoms with van der Waals surface area (Å²) in [5.74, 6) is -1.03. The first-order valence-electron chi connectivity index (χ1n) is 5.08. The lowest BCUT2D eigenvalue weighted by Gasteiger charge is -2.04. The van der Waals surface area contributed by atoms with Gasteiger partial charge < -0.3 is 14.6 Å². The van der Waals surface area contributed by atoms with E-state index in [-0.39, 0.29) is 5.69 Å². The molecule has 1 heterocycles. The number of ether oxygens (including phenoxy) is 2. The number of carboxylic acid groups (broad SMARTS) is 1. The second-order valence-electron chi connectivity index (χ2n) is 3.07. The molecule has 1 rings (SSSR count). The number of nitrogens with zero attached hydrogens (tertiary/aromatic N) is 1. The van der Waals surface area contributed by atoms with Gasteiger partial charge in [0.1, 0.15) is 5.69 Å². The maximum atomic E-state index is 10.6. The molecule has 0 aliphatic carbocycles. The number of hydrogen-bond donors (Lipinski definition) is 1. The maximum Gasteiger partial charge on any atom is 0.354 e. The molecule has 0 saturated carbocycles. The summed E-state index contributed by atoms with van der Waals surface area (Å²) in [5.41, 5.74) is 0.641. The lowest BCUT2D eigenvalue weighted by Crippen LogP contribution is -2.07. The predicted molar refractivity (Wildman–Crippen MR) is 57.3 cm³/mol. The van der Waals surface area contributed by atoms with Crippen LogP contribution in [0.15, 0.2) is 18.2 Å². The summed E-state index contributed by atoms with van der Waals surface area (Å²) < 4.78 is 10.4. The predicted octanol–water partition coefficient (Wildman–Crippen LogP) is 1.33. The van der Waals surface area contributed by atoms with E-state index in [1.807, 2.05) is 6.92 Å². The zero-order valence-electron chi connectivity index (χ0n) is 9.18. The zero-order valence-corrected chi connectivity index (χ0v) is 9.18. The summed E-state index contributed by atoms with van der Waals surface area (Å²) in [5, 5.41) is 8.73. The maximum absolute atomic E-state index is 10.6. The van der Waals surface area contributed by atoms with E-state index in [4.69, 9.17) is 14.6 Å². The summed E-state index contributed by atoms with van der Waals surface area (Å²) in [6.45, 7) is 3.89. The third kappa shape index (κ3) is 4.37. The number of rotatable bonds is 7. The van der Waals surface area contributed by atoms with Crippen molar-refractivity contribution in [3.8, 4) is 0 Å². The molecule has 1 N–H and O–H groups in total. The van der Waals surface area contributed by atoms with E-state index in [1.54, 1.807) is 12.1 Å². The monoisotopic (exact) mass is 225 g/mol. The molecule has 0 atom stereocenters. The van der Waals surface area contributed by atoms with E-state index in [9.17, 15) is 4.79 Å². The largest absolute Gasteiger partial charge is 0.477 e.